The second-order valence-corrected chi connectivity index (χ2v) is 11.3. The molecule has 0 atom stereocenters. The number of amides is 1. The van der Waals surface area contributed by atoms with E-state index in [9.17, 15) is 13.6 Å². The number of rotatable bonds is 6. The van der Waals surface area contributed by atoms with Crippen LogP contribution in [0.15, 0.2) is 96.6 Å². The fraction of sp³-hybridized carbons (Fsp3) is 0.220. The molecule has 1 aliphatic heterocycles. The molecule has 5 rings (SSSR count). The average Bonchev–Trinajstić information content (AvgIpc) is 3.05. The quantitative estimate of drug-likeness (QED) is 0.172. The lowest BCUT2D eigenvalue weighted by Crippen LogP contribution is -2.38. The first-order valence-electron chi connectivity index (χ1n) is 15.3. The lowest BCUT2D eigenvalue weighted by Gasteiger charge is -2.32. The molecule has 1 saturated heterocycles. The molecule has 3 nitrogen and oxygen atoms in total. The maximum atomic E-state index is 13.7. The molecular formula is C41H38F2N2O. The number of benzene rings is 4. The monoisotopic (exact) mass is 612 g/mol. The molecule has 5 heteroatoms. The van der Waals surface area contributed by atoms with Crippen LogP contribution in [-0.4, -0.2) is 29.6 Å². The molecule has 0 saturated carbocycles. The standard InChI is InChI=1S/C38H34F2N2O.C3H4/c1-26-8-3-4-11-30(26)24-31(12-5-9-28-10-6-14-34(39)23-28)29-18-20-42(21-19-29)38(43)33-16-17-36(27(2)22-33)37(41)32-13-7-15-35(40)25-32;1-3-2/h3-4,6-8,10-11,13-17,22-25,29,41H,9,18-21H2,1-2H3;1H,2H3/b31-24+,41-37?;. The Bertz CT molecular complexity index is 1850. The van der Waals surface area contributed by atoms with Gasteiger partial charge in [0.15, 0.2) is 0 Å². The number of piperidine rings is 1. The largest absolute Gasteiger partial charge is 0.339 e. The van der Waals surface area contributed by atoms with Crippen molar-refractivity contribution in [2.75, 3.05) is 13.1 Å². The summed E-state index contributed by atoms with van der Waals surface area (Å²) in [5, 5.41) is 8.55. The van der Waals surface area contributed by atoms with Gasteiger partial charge in [-0.15, -0.1) is 12.3 Å². The smallest absolute Gasteiger partial charge is 0.253 e. The van der Waals surface area contributed by atoms with Gasteiger partial charge in [0.2, 0.25) is 0 Å². The zero-order valence-corrected chi connectivity index (χ0v) is 26.5. The summed E-state index contributed by atoms with van der Waals surface area (Å²) in [6.45, 7) is 6.83. The fourth-order valence-electron chi connectivity index (χ4n) is 5.52. The highest BCUT2D eigenvalue weighted by atomic mass is 19.1. The molecule has 46 heavy (non-hydrogen) atoms. The number of hydrogen-bond acceptors (Lipinski definition) is 2. The van der Waals surface area contributed by atoms with Gasteiger partial charge in [-0.1, -0.05) is 66.4 Å². The molecule has 4 aromatic carbocycles. The Balaban J connectivity index is 0.00000154. The van der Waals surface area contributed by atoms with Crippen LogP contribution in [0.3, 0.4) is 0 Å². The minimum absolute atomic E-state index is 0.0352. The maximum absolute atomic E-state index is 13.7. The van der Waals surface area contributed by atoms with Gasteiger partial charge in [0, 0.05) is 41.8 Å². The van der Waals surface area contributed by atoms with Gasteiger partial charge in [0.05, 0.1) is 5.71 Å². The van der Waals surface area contributed by atoms with E-state index in [4.69, 9.17) is 5.41 Å². The molecule has 1 aliphatic rings. The highest BCUT2D eigenvalue weighted by Crippen LogP contribution is 2.28. The summed E-state index contributed by atoms with van der Waals surface area (Å²) in [5.74, 6) is 8.43. The van der Waals surface area contributed by atoms with E-state index in [0.717, 1.165) is 35.1 Å². The Morgan fingerprint density at radius 2 is 1.57 bits per heavy atom. The molecule has 1 fully saturated rings. The number of carbonyl (C=O) groups is 1. The van der Waals surface area contributed by atoms with E-state index in [1.807, 2.05) is 36.1 Å². The Kier molecular flexibility index (Phi) is 11.8. The van der Waals surface area contributed by atoms with E-state index >= 15 is 0 Å². The van der Waals surface area contributed by atoms with Crippen LogP contribution >= 0.6 is 0 Å². The first-order chi connectivity index (χ1) is 22.2. The van der Waals surface area contributed by atoms with Crippen LogP contribution in [0.4, 0.5) is 8.78 Å². The molecule has 4 aromatic rings. The summed E-state index contributed by atoms with van der Waals surface area (Å²) < 4.78 is 27.3. The zero-order valence-electron chi connectivity index (χ0n) is 26.5. The molecule has 1 amide bonds. The van der Waals surface area contributed by atoms with Crippen LogP contribution in [0.2, 0.25) is 0 Å². The molecule has 0 aromatic heterocycles. The number of aryl methyl sites for hydroxylation is 2. The van der Waals surface area contributed by atoms with Gasteiger partial charge < -0.3 is 4.90 Å². The van der Waals surface area contributed by atoms with Crippen molar-refractivity contribution in [1.29, 1.82) is 5.41 Å². The molecule has 1 N–H and O–H groups in total. The summed E-state index contributed by atoms with van der Waals surface area (Å²) in [6, 6.07) is 26.1. The lowest BCUT2D eigenvalue weighted by molar-refractivity contribution is 0.0703. The molecule has 0 aliphatic carbocycles. The van der Waals surface area contributed by atoms with Crippen LogP contribution < -0.4 is 0 Å². The average molecular weight is 613 g/mol. The Hall–Kier alpha value is -5.26. The summed E-state index contributed by atoms with van der Waals surface area (Å²) in [4.78, 5) is 15.3. The topological polar surface area (TPSA) is 44.2 Å². The van der Waals surface area contributed by atoms with Crippen LogP contribution in [-0.2, 0) is 6.42 Å². The number of halogens is 2. The van der Waals surface area contributed by atoms with Crippen molar-refractivity contribution in [3.8, 4) is 24.2 Å². The van der Waals surface area contributed by atoms with E-state index in [-0.39, 0.29) is 29.2 Å². The number of terminal acetylenes is 1. The summed E-state index contributed by atoms with van der Waals surface area (Å²) >= 11 is 0. The predicted octanol–water partition coefficient (Wildman–Crippen LogP) is 8.82. The third kappa shape index (κ3) is 8.90. The summed E-state index contributed by atoms with van der Waals surface area (Å²) in [7, 11) is 0. The minimum Gasteiger partial charge on any atom is -0.339 e. The van der Waals surface area contributed by atoms with Gasteiger partial charge in [-0.3, -0.25) is 10.2 Å². The summed E-state index contributed by atoms with van der Waals surface area (Å²) in [6.07, 6.45) is 8.80. The van der Waals surface area contributed by atoms with Crippen molar-refractivity contribution in [3.63, 3.8) is 0 Å². The van der Waals surface area contributed by atoms with Gasteiger partial charge >= 0.3 is 0 Å². The minimum atomic E-state index is -0.385. The van der Waals surface area contributed by atoms with E-state index in [1.165, 1.54) is 29.8 Å². The van der Waals surface area contributed by atoms with Crippen molar-refractivity contribution in [3.05, 3.63) is 147 Å². The fourth-order valence-corrected chi connectivity index (χ4v) is 5.52. The molecule has 0 unspecified atom stereocenters. The number of allylic oxidation sites excluding steroid dienone is 1. The summed E-state index contributed by atoms with van der Waals surface area (Å²) in [5.41, 5.74) is 6.94. The van der Waals surface area contributed by atoms with Crippen molar-refractivity contribution >= 4 is 17.7 Å². The molecule has 0 radical (unpaired) electrons. The predicted molar refractivity (Wildman–Crippen MR) is 184 cm³/mol. The van der Waals surface area contributed by atoms with E-state index in [1.54, 1.807) is 37.3 Å². The van der Waals surface area contributed by atoms with Gasteiger partial charge in [-0.2, -0.15) is 0 Å². The van der Waals surface area contributed by atoms with Crippen molar-refractivity contribution in [1.82, 2.24) is 4.90 Å². The number of nitrogens with one attached hydrogen (secondary N) is 1. The Morgan fingerprint density at radius 3 is 2.22 bits per heavy atom. The second-order valence-electron chi connectivity index (χ2n) is 11.3. The maximum Gasteiger partial charge on any atom is 0.253 e. The third-order valence-electron chi connectivity index (χ3n) is 7.99. The molecule has 232 valence electrons. The van der Waals surface area contributed by atoms with Crippen molar-refractivity contribution in [2.24, 2.45) is 5.92 Å². The Labute approximate surface area is 271 Å². The van der Waals surface area contributed by atoms with Crippen LogP contribution in [0, 0.1) is 61.0 Å². The first kappa shape index (κ1) is 33.6. The van der Waals surface area contributed by atoms with E-state index in [2.05, 4.69) is 49.3 Å². The van der Waals surface area contributed by atoms with Crippen molar-refractivity contribution < 1.29 is 13.6 Å². The second kappa shape index (κ2) is 16.2. The lowest BCUT2D eigenvalue weighted by atomic mass is 9.87. The van der Waals surface area contributed by atoms with Gasteiger partial charge in [0.1, 0.15) is 11.6 Å². The molecule has 0 spiro atoms. The van der Waals surface area contributed by atoms with Gasteiger partial charge in [-0.05, 0) is 104 Å². The number of nitrogens with zero attached hydrogens (tertiary/aromatic N) is 1. The molecular weight excluding hydrogens is 574 g/mol. The van der Waals surface area contributed by atoms with Gasteiger partial charge in [-0.25, -0.2) is 8.78 Å². The van der Waals surface area contributed by atoms with Gasteiger partial charge in [0.25, 0.3) is 5.91 Å². The van der Waals surface area contributed by atoms with E-state index in [0.29, 0.717) is 36.2 Å². The highest BCUT2D eigenvalue weighted by Gasteiger charge is 2.26. The van der Waals surface area contributed by atoms with Crippen molar-refractivity contribution in [2.45, 2.75) is 40.0 Å². The highest BCUT2D eigenvalue weighted by molar-refractivity contribution is 6.12. The number of hydrogen-bond donors (Lipinski definition) is 1. The van der Waals surface area contributed by atoms with Crippen LogP contribution in [0.5, 0.6) is 0 Å². The number of likely N-dealkylation sites (tertiary alicyclic amines) is 1. The zero-order chi connectivity index (χ0) is 33.1. The molecule has 0 bridgehead atoms. The first-order valence-corrected chi connectivity index (χ1v) is 15.3. The molecule has 1 heterocycles. The Morgan fingerprint density at radius 1 is 0.891 bits per heavy atom. The number of carbonyl (C=O) groups excluding carboxylic acids is 1. The SMILES string of the molecule is C#CC.Cc1ccccc1/C=C(\C#CCc1cccc(F)c1)C1CCN(C(=O)c2ccc(C(=N)c3cccc(F)c3)c(C)c2)CC1. The normalized spacial score (nSPS) is 13.0. The van der Waals surface area contributed by atoms with E-state index < -0.39 is 0 Å². The van der Waals surface area contributed by atoms with Crippen LogP contribution in [0.25, 0.3) is 6.08 Å². The third-order valence-corrected chi connectivity index (χ3v) is 7.99. The van der Waals surface area contributed by atoms with Crippen LogP contribution in [0.1, 0.15) is 63.5 Å².